The number of aliphatic hydroxyl groups is 1. The van der Waals surface area contributed by atoms with Crippen LogP contribution in [0.5, 0.6) is 5.75 Å². The van der Waals surface area contributed by atoms with Crippen LogP contribution in [0.3, 0.4) is 0 Å². The fourth-order valence-corrected chi connectivity index (χ4v) is 3.29. The topological polar surface area (TPSA) is 91.2 Å². The zero-order valence-corrected chi connectivity index (χ0v) is 13.4. The van der Waals surface area contributed by atoms with E-state index in [1.54, 1.807) is 18.5 Å². The zero-order chi connectivity index (χ0) is 17.4. The molecular formula is C18H17FN4O2. The van der Waals surface area contributed by atoms with E-state index in [-0.39, 0.29) is 17.9 Å². The van der Waals surface area contributed by atoms with Gasteiger partial charge in [0.1, 0.15) is 17.3 Å². The van der Waals surface area contributed by atoms with Crippen molar-refractivity contribution in [2.24, 2.45) is 0 Å². The zero-order valence-electron chi connectivity index (χ0n) is 13.4. The number of hydrogen-bond acceptors (Lipinski definition) is 6. The minimum absolute atomic E-state index is 0.137. The van der Waals surface area contributed by atoms with Gasteiger partial charge in [0.05, 0.1) is 6.10 Å². The number of halogens is 1. The molecule has 6 nitrogen and oxygen atoms in total. The van der Waals surface area contributed by atoms with Gasteiger partial charge in [0, 0.05) is 40.8 Å². The van der Waals surface area contributed by atoms with Gasteiger partial charge in [-0.2, -0.15) is 0 Å². The van der Waals surface area contributed by atoms with Gasteiger partial charge >= 0.3 is 0 Å². The molecule has 1 aliphatic carbocycles. The summed E-state index contributed by atoms with van der Waals surface area (Å²) in [6.07, 6.45) is 5.34. The van der Waals surface area contributed by atoms with E-state index >= 15 is 0 Å². The third kappa shape index (κ3) is 2.98. The molecule has 1 aromatic carbocycles. The number of pyridine rings is 1. The molecule has 1 aliphatic rings. The summed E-state index contributed by atoms with van der Waals surface area (Å²) in [5, 5.41) is 33.1. The molecule has 3 aromatic rings. The minimum atomic E-state index is -0.516. The number of aromatic hydroxyl groups is 1. The molecule has 0 radical (unpaired) electrons. The number of aromatic nitrogens is 3. The van der Waals surface area contributed by atoms with E-state index in [4.69, 9.17) is 0 Å². The van der Waals surface area contributed by atoms with Crippen LogP contribution in [0.1, 0.15) is 19.3 Å². The van der Waals surface area contributed by atoms with Crippen LogP contribution in [-0.2, 0) is 0 Å². The Bertz CT molecular complexity index is 934. The van der Waals surface area contributed by atoms with Gasteiger partial charge in [-0.25, -0.2) is 4.39 Å². The normalized spacial score (nSPS) is 20.1. The summed E-state index contributed by atoms with van der Waals surface area (Å²) < 4.78 is 13.3. The Morgan fingerprint density at radius 3 is 2.76 bits per heavy atom. The second-order valence-corrected chi connectivity index (χ2v) is 6.29. The van der Waals surface area contributed by atoms with Gasteiger partial charge in [-0.3, -0.25) is 4.98 Å². The Kier molecular flexibility index (Phi) is 3.93. The number of nitrogens with one attached hydrogen (secondary N) is 1. The smallest absolute Gasteiger partial charge is 0.158 e. The summed E-state index contributed by atoms with van der Waals surface area (Å²) in [6.45, 7) is 0. The van der Waals surface area contributed by atoms with E-state index < -0.39 is 5.82 Å². The predicted octanol–water partition coefficient (Wildman–Crippen LogP) is 2.86. The standard InChI is InChI=1S/C18H17FN4O2/c19-10-1-4-14(16(25)7-10)17-13-5-6-20-9-15(13)18(23-22-17)21-11-2-3-12(24)8-11/h1,4-7,9,11-12,24-25H,2-3,8H2,(H,21,23)/t11-,12+/m0/s1. The fraction of sp³-hybridized carbons (Fsp3) is 0.278. The van der Waals surface area contributed by atoms with Crippen LogP contribution in [0.2, 0.25) is 0 Å². The molecule has 0 aliphatic heterocycles. The Labute approximate surface area is 143 Å². The first kappa shape index (κ1) is 15.7. The van der Waals surface area contributed by atoms with E-state index in [1.165, 1.54) is 12.1 Å². The lowest BCUT2D eigenvalue weighted by atomic mass is 10.0. The molecule has 2 heterocycles. The molecule has 7 heteroatoms. The lowest BCUT2D eigenvalue weighted by Gasteiger charge is -2.15. The summed E-state index contributed by atoms with van der Waals surface area (Å²) in [5.41, 5.74) is 0.875. The maximum Gasteiger partial charge on any atom is 0.158 e. The number of phenols is 1. The third-order valence-electron chi connectivity index (χ3n) is 4.54. The van der Waals surface area contributed by atoms with Gasteiger partial charge in [-0.1, -0.05) is 0 Å². The Balaban J connectivity index is 1.79. The van der Waals surface area contributed by atoms with Crippen molar-refractivity contribution < 1.29 is 14.6 Å². The lowest BCUT2D eigenvalue weighted by Crippen LogP contribution is -2.18. The number of phenolic OH excluding ortho intramolecular Hbond substituents is 1. The number of rotatable bonds is 3. The highest BCUT2D eigenvalue weighted by atomic mass is 19.1. The van der Waals surface area contributed by atoms with Crippen molar-refractivity contribution >= 4 is 16.6 Å². The number of anilines is 1. The van der Waals surface area contributed by atoms with E-state index in [9.17, 15) is 14.6 Å². The molecule has 0 unspecified atom stereocenters. The monoisotopic (exact) mass is 340 g/mol. The summed E-state index contributed by atoms with van der Waals surface area (Å²) >= 11 is 0. The number of nitrogens with zero attached hydrogens (tertiary/aromatic N) is 3. The fourth-order valence-electron chi connectivity index (χ4n) is 3.29. The van der Waals surface area contributed by atoms with Gasteiger partial charge < -0.3 is 15.5 Å². The molecule has 1 saturated carbocycles. The van der Waals surface area contributed by atoms with E-state index in [2.05, 4.69) is 20.5 Å². The van der Waals surface area contributed by atoms with Crippen LogP contribution in [0.15, 0.2) is 36.7 Å². The molecule has 0 amide bonds. The summed E-state index contributed by atoms with van der Waals surface area (Å²) in [4.78, 5) is 4.15. The largest absolute Gasteiger partial charge is 0.507 e. The molecule has 4 rings (SSSR count). The van der Waals surface area contributed by atoms with Crippen LogP contribution in [-0.4, -0.2) is 37.5 Å². The van der Waals surface area contributed by atoms with Crippen molar-refractivity contribution in [2.45, 2.75) is 31.4 Å². The highest BCUT2D eigenvalue weighted by Crippen LogP contribution is 2.35. The molecule has 2 atom stereocenters. The maximum atomic E-state index is 13.3. The number of fused-ring (bicyclic) bond motifs is 1. The van der Waals surface area contributed by atoms with Gasteiger partial charge in [0.15, 0.2) is 5.82 Å². The molecule has 0 saturated heterocycles. The Morgan fingerprint density at radius 2 is 2.00 bits per heavy atom. The quantitative estimate of drug-likeness (QED) is 0.679. The maximum absolute atomic E-state index is 13.3. The Morgan fingerprint density at radius 1 is 1.12 bits per heavy atom. The van der Waals surface area contributed by atoms with Crippen molar-refractivity contribution in [3.8, 4) is 17.0 Å². The predicted molar refractivity (Wildman–Crippen MR) is 91.7 cm³/mol. The highest BCUT2D eigenvalue weighted by molar-refractivity contribution is 6.00. The minimum Gasteiger partial charge on any atom is -0.507 e. The molecule has 0 bridgehead atoms. The first-order valence-corrected chi connectivity index (χ1v) is 8.15. The molecule has 1 fully saturated rings. The van der Waals surface area contributed by atoms with Crippen LogP contribution in [0, 0.1) is 5.82 Å². The Hall–Kier alpha value is -2.80. The SMILES string of the molecule is Oc1cc(F)ccc1-c1nnc(N[C@H]2CC[C@@H](O)C2)c2cnccc12. The van der Waals surface area contributed by atoms with Gasteiger partial charge in [0.2, 0.25) is 0 Å². The van der Waals surface area contributed by atoms with Crippen molar-refractivity contribution in [3.05, 3.63) is 42.5 Å². The molecule has 2 aromatic heterocycles. The van der Waals surface area contributed by atoms with E-state index in [0.717, 1.165) is 29.7 Å². The first-order chi connectivity index (χ1) is 12.1. The summed E-state index contributed by atoms with van der Waals surface area (Å²) in [6, 6.07) is 5.73. The van der Waals surface area contributed by atoms with Crippen molar-refractivity contribution in [3.63, 3.8) is 0 Å². The number of benzene rings is 1. The van der Waals surface area contributed by atoms with Gasteiger partial charge in [-0.05, 0) is 37.5 Å². The summed E-state index contributed by atoms with van der Waals surface area (Å²) in [5.74, 6) is -0.113. The highest BCUT2D eigenvalue weighted by Gasteiger charge is 2.24. The van der Waals surface area contributed by atoms with Crippen LogP contribution >= 0.6 is 0 Å². The van der Waals surface area contributed by atoms with Gasteiger partial charge in [-0.15, -0.1) is 10.2 Å². The van der Waals surface area contributed by atoms with Crippen molar-refractivity contribution in [1.29, 1.82) is 0 Å². The molecular weight excluding hydrogens is 323 g/mol. The number of aliphatic hydroxyl groups excluding tert-OH is 1. The number of hydrogen-bond donors (Lipinski definition) is 3. The molecule has 128 valence electrons. The van der Waals surface area contributed by atoms with Gasteiger partial charge in [0.25, 0.3) is 0 Å². The average Bonchev–Trinajstić information content (AvgIpc) is 3.01. The van der Waals surface area contributed by atoms with Crippen molar-refractivity contribution in [1.82, 2.24) is 15.2 Å². The third-order valence-corrected chi connectivity index (χ3v) is 4.54. The second-order valence-electron chi connectivity index (χ2n) is 6.29. The van der Waals surface area contributed by atoms with Crippen LogP contribution in [0.4, 0.5) is 10.2 Å². The van der Waals surface area contributed by atoms with Crippen LogP contribution < -0.4 is 5.32 Å². The lowest BCUT2D eigenvalue weighted by molar-refractivity contribution is 0.182. The average molecular weight is 340 g/mol. The first-order valence-electron chi connectivity index (χ1n) is 8.15. The van der Waals surface area contributed by atoms with E-state index in [1.807, 2.05) is 0 Å². The molecule has 3 N–H and O–H groups in total. The van der Waals surface area contributed by atoms with Crippen LogP contribution in [0.25, 0.3) is 22.0 Å². The van der Waals surface area contributed by atoms with Crippen molar-refractivity contribution in [2.75, 3.05) is 5.32 Å². The molecule has 25 heavy (non-hydrogen) atoms. The summed E-state index contributed by atoms with van der Waals surface area (Å²) in [7, 11) is 0. The van der Waals surface area contributed by atoms with E-state index in [0.29, 0.717) is 23.5 Å². The second kappa shape index (κ2) is 6.25. The molecule has 0 spiro atoms.